The van der Waals surface area contributed by atoms with E-state index in [-0.39, 0.29) is 23.3 Å². The maximum absolute atomic E-state index is 12.5. The number of hydrogen-bond donors (Lipinski definition) is 3. The number of nitrogens with two attached hydrogens (primary N) is 1. The van der Waals surface area contributed by atoms with Gasteiger partial charge in [0.2, 0.25) is 5.91 Å². The molecule has 0 spiro atoms. The Balaban J connectivity index is 1.63. The van der Waals surface area contributed by atoms with E-state index in [1.54, 1.807) is 0 Å². The zero-order chi connectivity index (χ0) is 14.2. The number of nitrogens with one attached hydrogen (secondary N) is 1. The van der Waals surface area contributed by atoms with Gasteiger partial charge in [0.1, 0.15) is 0 Å². The molecule has 0 atom stereocenters. The molecule has 2 aliphatic rings. The van der Waals surface area contributed by atoms with Gasteiger partial charge in [-0.2, -0.15) is 0 Å². The minimum absolute atomic E-state index is 0.131. The van der Waals surface area contributed by atoms with Gasteiger partial charge in [0.15, 0.2) is 0 Å². The van der Waals surface area contributed by atoms with Gasteiger partial charge in [0.25, 0.3) is 0 Å². The third kappa shape index (κ3) is 2.40. The third-order valence-corrected chi connectivity index (χ3v) is 4.87. The Morgan fingerprint density at radius 3 is 2.35 bits per heavy atom. The second kappa shape index (κ2) is 4.77. The lowest BCUT2D eigenvalue weighted by molar-refractivity contribution is -0.123. The number of carbonyl (C=O) groups excluding carboxylic acids is 1. The largest absolute Gasteiger partial charge is 0.399 e. The third-order valence-electron chi connectivity index (χ3n) is 4.87. The fourth-order valence-electron chi connectivity index (χ4n) is 2.94. The molecule has 3 rings (SSSR count). The van der Waals surface area contributed by atoms with E-state index in [1.165, 1.54) is 0 Å². The van der Waals surface area contributed by atoms with Crippen LogP contribution in [0.5, 0.6) is 0 Å². The van der Waals surface area contributed by atoms with Crippen molar-refractivity contribution in [3.8, 4) is 0 Å². The molecule has 4 N–H and O–H groups in total. The number of rotatable bonds is 6. The molecule has 1 aromatic rings. The van der Waals surface area contributed by atoms with Crippen molar-refractivity contribution in [2.75, 3.05) is 18.9 Å². The predicted octanol–water partition coefficient (Wildman–Crippen LogP) is 1.58. The van der Waals surface area contributed by atoms with E-state index in [0.717, 1.165) is 43.4 Å². The molecule has 2 fully saturated rings. The van der Waals surface area contributed by atoms with E-state index in [0.29, 0.717) is 6.54 Å². The summed E-state index contributed by atoms with van der Waals surface area (Å²) in [6.45, 7) is 0.905. The summed E-state index contributed by atoms with van der Waals surface area (Å²) in [5, 5.41) is 12.2. The van der Waals surface area contributed by atoms with Crippen molar-refractivity contribution in [2.45, 2.75) is 37.5 Å². The van der Waals surface area contributed by atoms with Crippen LogP contribution in [0.15, 0.2) is 24.3 Å². The molecule has 0 radical (unpaired) electrons. The van der Waals surface area contributed by atoms with Crippen molar-refractivity contribution in [3.05, 3.63) is 29.8 Å². The molecular formula is C16H22N2O2. The monoisotopic (exact) mass is 274 g/mol. The zero-order valence-corrected chi connectivity index (χ0v) is 11.7. The van der Waals surface area contributed by atoms with E-state index < -0.39 is 0 Å². The maximum Gasteiger partial charge on any atom is 0.230 e. The average Bonchev–Trinajstić information content (AvgIpc) is 3.33. The van der Waals surface area contributed by atoms with Crippen molar-refractivity contribution in [1.29, 1.82) is 0 Å². The maximum atomic E-state index is 12.5. The molecule has 0 aliphatic heterocycles. The minimum Gasteiger partial charge on any atom is -0.399 e. The molecule has 0 bridgehead atoms. The number of aliphatic hydroxyl groups excluding tert-OH is 1. The first-order chi connectivity index (χ1) is 9.60. The summed E-state index contributed by atoms with van der Waals surface area (Å²) in [6.07, 6.45) is 4.85. The number of benzene rings is 1. The Morgan fingerprint density at radius 1 is 1.20 bits per heavy atom. The van der Waals surface area contributed by atoms with Crippen LogP contribution in [-0.2, 0) is 10.2 Å². The first-order valence-corrected chi connectivity index (χ1v) is 7.36. The van der Waals surface area contributed by atoms with Crippen LogP contribution in [0.4, 0.5) is 5.69 Å². The number of nitrogen functional groups attached to an aromatic ring is 1. The smallest absolute Gasteiger partial charge is 0.230 e. The highest BCUT2D eigenvalue weighted by Crippen LogP contribution is 2.50. The van der Waals surface area contributed by atoms with Gasteiger partial charge < -0.3 is 16.2 Å². The Labute approximate surface area is 119 Å². The quantitative estimate of drug-likeness (QED) is 0.689. The predicted molar refractivity (Wildman–Crippen MR) is 78.1 cm³/mol. The topological polar surface area (TPSA) is 75.4 Å². The summed E-state index contributed by atoms with van der Waals surface area (Å²) in [6, 6.07) is 7.64. The van der Waals surface area contributed by atoms with Crippen LogP contribution in [0.25, 0.3) is 0 Å². The van der Waals surface area contributed by atoms with Crippen LogP contribution in [0.2, 0.25) is 0 Å². The Kier molecular flexibility index (Phi) is 3.21. The lowest BCUT2D eigenvalue weighted by Gasteiger charge is -2.19. The van der Waals surface area contributed by atoms with Crippen molar-refractivity contribution in [1.82, 2.24) is 5.32 Å². The summed E-state index contributed by atoms with van der Waals surface area (Å²) in [5.74, 6) is 0.131. The molecule has 4 heteroatoms. The number of anilines is 1. The molecule has 1 amide bonds. The SMILES string of the molecule is Nc1ccc(C2(C(=O)NCC3(CCO)CC3)CC2)cc1. The molecule has 0 unspecified atom stereocenters. The fraction of sp³-hybridized carbons (Fsp3) is 0.562. The Morgan fingerprint density at radius 2 is 1.85 bits per heavy atom. The van der Waals surface area contributed by atoms with E-state index in [1.807, 2.05) is 24.3 Å². The van der Waals surface area contributed by atoms with Gasteiger partial charge in [-0.3, -0.25) is 4.79 Å². The number of hydrogen-bond acceptors (Lipinski definition) is 3. The summed E-state index contributed by atoms with van der Waals surface area (Å²) in [4.78, 5) is 12.5. The molecule has 4 nitrogen and oxygen atoms in total. The van der Waals surface area contributed by atoms with Gasteiger partial charge in [-0.15, -0.1) is 0 Å². The van der Waals surface area contributed by atoms with Gasteiger partial charge in [0.05, 0.1) is 5.41 Å². The van der Waals surface area contributed by atoms with Crippen molar-refractivity contribution < 1.29 is 9.90 Å². The lowest BCUT2D eigenvalue weighted by atomic mass is 9.94. The van der Waals surface area contributed by atoms with Crippen molar-refractivity contribution in [2.24, 2.45) is 5.41 Å². The standard InChI is InChI=1S/C16H22N2O2/c17-13-3-1-12(2-4-13)16(7-8-16)14(20)18-11-15(5-6-15)9-10-19/h1-4,19H,5-11,17H2,(H,18,20). The fourth-order valence-corrected chi connectivity index (χ4v) is 2.94. The average molecular weight is 274 g/mol. The molecular weight excluding hydrogens is 252 g/mol. The molecule has 108 valence electrons. The lowest BCUT2D eigenvalue weighted by Crippen LogP contribution is -2.38. The molecule has 0 saturated heterocycles. The van der Waals surface area contributed by atoms with Gasteiger partial charge in [0, 0.05) is 18.8 Å². The highest BCUT2D eigenvalue weighted by atomic mass is 16.3. The number of amides is 1. The van der Waals surface area contributed by atoms with Gasteiger partial charge >= 0.3 is 0 Å². The van der Waals surface area contributed by atoms with E-state index in [9.17, 15) is 4.79 Å². The Bertz CT molecular complexity index is 502. The Hall–Kier alpha value is -1.55. The van der Waals surface area contributed by atoms with Crippen LogP contribution in [0.1, 0.15) is 37.7 Å². The van der Waals surface area contributed by atoms with Gasteiger partial charge in [-0.25, -0.2) is 0 Å². The molecule has 0 heterocycles. The molecule has 1 aromatic carbocycles. The van der Waals surface area contributed by atoms with E-state index in [4.69, 9.17) is 10.8 Å². The first kappa shape index (κ1) is 13.4. The molecule has 20 heavy (non-hydrogen) atoms. The summed E-state index contributed by atoms with van der Waals surface area (Å²) in [5.41, 5.74) is 7.33. The summed E-state index contributed by atoms with van der Waals surface area (Å²) >= 11 is 0. The summed E-state index contributed by atoms with van der Waals surface area (Å²) < 4.78 is 0. The summed E-state index contributed by atoms with van der Waals surface area (Å²) in [7, 11) is 0. The van der Waals surface area contributed by atoms with Crippen LogP contribution in [0, 0.1) is 5.41 Å². The number of carbonyl (C=O) groups is 1. The minimum atomic E-state index is -0.330. The van der Waals surface area contributed by atoms with Gasteiger partial charge in [-0.1, -0.05) is 12.1 Å². The van der Waals surface area contributed by atoms with Crippen LogP contribution < -0.4 is 11.1 Å². The molecule has 0 aromatic heterocycles. The van der Waals surface area contributed by atoms with Crippen LogP contribution >= 0.6 is 0 Å². The van der Waals surface area contributed by atoms with E-state index in [2.05, 4.69) is 5.32 Å². The second-order valence-corrected chi connectivity index (χ2v) is 6.36. The van der Waals surface area contributed by atoms with E-state index >= 15 is 0 Å². The zero-order valence-electron chi connectivity index (χ0n) is 11.7. The molecule has 2 saturated carbocycles. The highest BCUT2D eigenvalue weighted by Gasteiger charge is 2.52. The van der Waals surface area contributed by atoms with Gasteiger partial charge in [-0.05, 0) is 55.2 Å². The van der Waals surface area contributed by atoms with Crippen molar-refractivity contribution in [3.63, 3.8) is 0 Å². The first-order valence-electron chi connectivity index (χ1n) is 7.36. The normalized spacial score (nSPS) is 21.2. The molecule has 2 aliphatic carbocycles. The van der Waals surface area contributed by atoms with Crippen molar-refractivity contribution >= 4 is 11.6 Å². The van der Waals surface area contributed by atoms with Crippen LogP contribution in [0.3, 0.4) is 0 Å². The highest BCUT2D eigenvalue weighted by molar-refractivity contribution is 5.91. The second-order valence-electron chi connectivity index (χ2n) is 6.36. The van der Waals surface area contributed by atoms with Crippen LogP contribution in [-0.4, -0.2) is 24.2 Å². The number of aliphatic hydroxyl groups is 1.